The van der Waals surface area contributed by atoms with Crippen molar-refractivity contribution in [2.24, 2.45) is 0 Å². The minimum atomic E-state index is -0.469. The topological polar surface area (TPSA) is 76.6 Å². The summed E-state index contributed by atoms with van der Waals surface area (Å²) in [6, 6.07) is 0. The normalized spacial score (nSPS) is 14.4. The zero-order chi connectivity index (χ0) is 11.5. The van der Waals surface area contributed by atoms with E-state index < -0.39 is 5.97 Å². The molecule has 1 aliphatic rings. The standard InChI is InChI=1S/C9H10N4O3/c1-6-5-13(12-16-6)9-10-3-7(4-11-9)8(14)15-2/h3-5,12H,1-2H3. The molecule has 7 nitrogen and oxygen atoms in total. The molecular weight excluding hydrogens is 212 g/mol. The maximum Gasteiger partial charge on any atom is 0.341 e. The Kier molecular flexibility index (Phi) is 2.69. The monoisotopic (exact) mass is 222 g/mol. The average molecular weight is 222 g/mol. The van der Waals surface area contributed by atoms with Crippen molar-refractivity contribution >= 4 is 11.9 Å². The van der Waals surface area contributed by atoms with Gasteiger partial charge in [-0.1, -0.05) is 5.59 Å². The van der Waals surface area contributed by atoms with Gasteiger partial charge in [0.15, 0.2) is 0 Å². The molecule has 0 amide bonds. The molecule has 0 spiro atoms. The number of esters is 1. The van der Waals surface area contributed by atoms with E-state index in [-0.39, 0.29) is 0 Å². The van der Waals surface area contributed by atoms with Gasteiger partial charge in [0.25, 0.3) is 0 Å². The second kappa shape index (κ2) is 4.15. The van der Waals surface area contributed by atoms with E-state index in [4.69, 9.17) is 4.84 Å². The number of rotatable bonds is 2. The van der Waals surface area contributed by atoms with Crippen molar-refractivity contribution in [3.8, 4) is 0 Å². The lowest BCUT2D eigenvalue weighted by molar-refractivity contribution is 0.0600. The highest BCUT2D eigenvalue weighted by molar-refractivity contribution is 5.88. The first kappa shape index (κ1) is 10.4. The van der Waals surface area contributed by atoms with Crippen molar-refractivity contribution in [1.82, 2.24) is 15.6 Å². The maximum absolute atomic E-state index is 11.1. The molecule has 0 bridgehead atoms. The van der Waals surface area contributed by atoms with Crippen molar-refractivity contribution in [3.05, 3.63) is 29.9 Å². The number of hydrogen-bond acceptors (Lipinski definition) is 7. The van der Waals surface area contributed by atoms with Gasteiger partial charge in [0.05, 0.1) is 18.9 Å². The smallest absolute Gasteiger partial charge is 0.341 e. The van der Waals surface area contributed by atoms with Crippen LogP contribution in [0.15, 0.2) is 24.4 Å². The fourth-order valence-electron chi connectivity index (χ4n) is 1.12. The van der Waals surface area contributed by atoms with Crippen LogP contribution in [0.5, 0.6) is 0 Å². The number of nitrogens with zero attached hydrogens (tertiary/aromatic N) is 3. The number of aromatic nitrogens is 2. The molecule has 1 aliphatic heterocycles. The SMILES string of the molecule is COC(=O)c1cnc(N2C=C(C)ON2)nc1. The molecule has 0 aliphatic carbocycles. The Morgan fingerprint density at radius 3 is 2.69 bits per heavy atom. The van der Waals surface area contributed by atoms with Gasteiger partial charge in [-0.05, 0) is 6.92 Å². The zero-order valence-corrected chi connectivity index (χ0v) is 8.80. The summed E-state index contributed by atoms with van der Waals surface area (Å²) in [6.07, 6.45) is 4.46. The molecule has 1 N–H and O–H groups in total. The fraction of sp³-hybridized carbons (Fsp3) is 0.222. The van der Waals surface area contributed by atoms with Crippen LogP contribution in [0.3, 0.4) is 0 Å². The maximum atomic E-state index is 11.1. The van der Waals surface area contributed by atoms with Crippen LogP contribution in [0.2, 0.25) is 0 Å². The van der Waals surface area contributed by atoms with E-state index in [0.717, 1.165) is 0 Å². The van der Waals surface area contributed by atoms with E-state index in [1.807, 2.05) is 0 Å². The fourth-order valence-corrected chi connectivity index (χ4v) is 1.12. The number of carbonyl (C=O) groups is 1. The zero-order valence-electron chi connectivity index (χ0n) is 8.80. The van der Waals surface area contributed by atoms with Crippen molar-refractivity contribution < 1.29 is 14.4 Å². The highest BCUT2D eigenvalue weighted by Crippen LogP contribution is 2.12. The third-order valence-electron chi connectivity index (χ3n) is 1.89. The molecule has 0 atom stereocenters. The summed E-state index contributed by atoms with van der Waals surface area (Å²) in [4.78, 5) is 24.1. The van der Waals surface area contributed by atoms with Gasteiger partial charge in [-0.15, -0.1) is 0 Å². The van der Waals surface area contributed by atoms with Gasteiger partial charge < -0.3 is 9.57 Å². The third-order valence-corrected chi connectivity index (χ3v) is 1.89. The second-order valence-corrected chi connectivity index (χ2v) is 3.07. The van der Waals surface area contributed by atoms with Crippen LogP contribution in [0, 0.1) is 0 Å². The molecule has 7 heteroatoms. The van der Waals surface area contributed by atoms with Gasteiger partial charge in [0.2, 0.25) is 5.95 Å². The molecule has 0 unspecified atom stereocenters. The average Bonchev–Trinajstić information content (AvgIpc) is 2.75. The van der Waals surface area contributed by atoms with E-state index >= 15 is 0 Å². The molecule has 84 valence electrons. The van der Waals surface area contributed by atoms with E-state index in [1.165, 1.54) is 24.5 Å². The molecule has 0 saturated heterocycles. The Morgan fingerprint density at radius 2 is 2.19 bits per heavy atom. The lowest BCUT2D eigenvalue weighted by Crippen LogP contribution is -2.28. The number of carbonyl (C=O) groups excluding carboxylic acids is 1. The minimum absolute atomic E-state index is 0.298. The van der Waals surface area contributed by atoms with Gasteiger partial charge in [0.1, 0.15) is 5.76 Å². The number of allylic oxidation sites excluding steroid dienone is 1. The van der Waals surface area contributed by atoms with Crippen LogP contribution in [-0.4, -0.2) is 23.0 Å². The first-order chi connectivity index (χ1) is 7.70. The summed E-state index contributed by atoms with van der Waals surface area (Å²) in [5.74, 6) is 0.606. The molecule has 2 heterocycles. The first-order valence-electron chi connectivity index (χ1n) is 4.51. The first-order valence-corrected chi connectivity index (χ1v) is 4.51. The Morgan fingerprint density at radius 1 is 1.50 bits per heavy atom. The molecule has 16 heavy (non-hydrogen) atoms. The third kappa shape index (κ3) is 1.94. The van der Waals surface area contributed by atoms with Crippen LogP contribution >= 0.6 is 0 Å². The predicted octanol–water partition coefficient (Wildman–Crippen LogP) is 0.381. The van der Waals surface area contributed by atoms with Crippen LogP contribution in [-0.2, 0) is 9.57 Å². The van der Waals surface area contributed by atoms with Gasteiger partial charge in [-0.2, -0.15) is 0 Å². The van der Waals surface area contributed by atoms with Gasteiger partial charge in [-0.3, -0.25) is 0 Å². The predicted molar refractivity (Wildman–Crippen MR) is 53.8 cm³/mol. The number of ether oxygens (including phenoxy) is 1. The van der Waals surface area contributed by atoms with E-state index in [9.17, 15) is 4.79 Å². The summed E-state index contributed by atoms with van der Waals surface area (Å²) in [7, 11) is 1.30. The molecule has 2 rings (SSSR count). The summed E-state index contributed by atoms with van der Waals surface area (Å²) in [5.41, 5.74) is 2.88. The number of hydrogen-bond donors (Lipinski definition) is 1. The van der Waals surface area contributed by atoms with Crippen molar-refractivity contribution in [1.29, 1.82) is 0 Å². The van der Waals surface area contributed by atoms with Crippen LogP contribution in [0.4, 0.5) is 5.95 Å². The lowest BCUT2D eigenvalue weighted by Gasteiger charge is -2.10. The highest BCUT2D eigenvalue weighted by Gasteiger charge is 2.15. The number of anilines is 1. The molecular formula is C9H10N4O3. The molecule has 0 aromatic carbocycles. The summed E-state index contributed by atoms with van der Waals surface area (Å²) >= 11 is 0. The van der Waals surface area contributed by atoms with E-state index in [1.54, 1.807) is 13.1 Å². The highest BCUT2D eigenvalue weighted by atomic mass is 16.7. The minimum Gasteiger partial charge on any atom is -0.465 e. The second-order valence-electron chi connectivity index (χ2n) is 3.07. The summed E-state index contributed by atoms with van der Waals surface area (Å²) in [5, 5.41) is 1.50. The molecule has 0 fully saturated rings. The number of nitrogens with one attached hydrogen (secondary N) is 1. The molecule has 0 saturated carbocycles. The molecule has 1 aromatic rings. The van der Waals surface area contributed by atoms with E-state index in [2.05, 4.69) is 20.3 Å². The number of hydrazine groups is 1. The van der Waals surface area contributed by atoms with Gasteiger partial charge in [0, 0.05) is 12.4 Å². The Hall–Kier alpha value is -2.15. The van der Waals surface area contributed by atoms with Gasteiger partial charge in [-0.25, -0.2) is 19.8 Å². The summed E-state index contributed by atoms with van der Waals surface area (Å²) < 4.78 is 4.53. The Balaban J connectivity index is 2.16. The van der Waals surface area contributed by atoms with Gasteiger partial charge >= 0.3 is 5.97 Å². The van der Waals surface area contributed by atoms with Crippen molar-refractivity contribution in [3.63, 3.8) is 0 Å². The molecule has 0 radical (unpaired) electrons. The van der Waals surface area contributed by atoms with E-state index in [0.29, 0.717) is 17.3 Å². The largest absolute Gasteiger partial charge is 0.465 e. The lowest BCUT2D eigenvalue weighted by atomic mass is 10.3. The van der Waals surface area contributed by atoms with Crippen LogP contribution in [0.25, 0.3) is 0 Å². The van der Waals surface area contributed by atoms with Crippen LogP contribution in [0.1, 0.15) is 17.3 Å². The Labute approximate surface area is 91.6 Å². The van der Waals surface area contributed by atoms with Crippen molar-refractivity contribution in [2.45, 2.75) is 6.92 Å². The Bertz CT molecular complexity index is 429. The van der Waals surface area contributed by atoms with Crippen molar-refractivity contribution in [2.75, 3.05) is 12.1 Å². The number of methoxy groups -OCH3 is 1. The van der Waals surface area contributed by atoms with Crippen LogP contribution < -0.4 is 10.6 Å². The quantitative estimate of drug-likeness (QED) is 0.725. The molecule has 1 aromatic heterocycles. The summed E-state index contributed by atoms with van der Waals surface area (Å²) in [6.45, 7) is 1.79.